The number of aliphatic carboxylic acids is 1. The minimum absolute atomic E-state index is 0.00395. The van der Waals surface area contributed by atoms with Gasteiger partial charge in [0, 0.05) is 37.8 Å². The molecule has 1 amide bonds. The molecule has 4 rings (SSSR count). The molecule has 0 radical (unpaired) electrons. The first-order valence-electron chi connectivity index (χ1n) is 13.8. The van der Waals surface area contributed by atoms with Gasteiger partial charge < -0.3 is 9.84 Å². The van der Waals surface area contributed by atoms with Crippen molar-refractivity contribution in [3.8, 4) is 6.07 Å². The summed E-state index contributed by atoms with van der Waals surface area (Å²) < 4.78 is 37.2. The number of likely N-dealkylation sites (tertiary alicyclic amines) is 1. The first-order chi connectivity index (χ1) is 20.4. The van der Waals surface area contributed by atoms with Crippen molar-refractivity contribution in [3.63, 3.8) is 0 Å². The molecule has 3 heterocycles. The number of carbonyl (C=O) groups excluding carboxylic acids is 1. The lowest BCUT2D eigenvalue weighted by atomic mass is 10.0. The van der Waals surface area contributed by atoms with Crippen LogP contribution in [0.4, 0.5) is 19.0 Å². The zero-order valence-electron chi connectivity index (χ0n) is 24.0. The van der Waals surface area contributed by atoms with Crippen molar-refractivity contribution in [3.05, 3.63) is 52.4 Å². The number of benzene rings is 1. The number of carboxylic acid groups (broad SMARTS) is 1. The fourth-order valence-corrected chi connectivity index (χ4v) is 4.94. The number of nitrogens with zero attached hydrogens (tertiary/aromatic N) is 6. The number of hydrazine groups is 1. The zero-order valence-corrected chi connectivity index (χ0v) is 24.7. The molecule has 43 heavy (non-hydrogen) atoms. The van der Waals surface area contributed by atoms with Crippen LogP contribution in [0.2, 0.25) is 5.02 Å². The van der Waals surface area contributed by atoms with Crippen molar-refractivity contribution in [2.75, 3.05) is 50.9 Å². The number of carboxylic acids is 1. The number of amides is 1. The van der Waals surface area contributed by atoms with Gasteiger partial charge in [-0.05, 0) is 49.5 Å². The lowest BCUT2D eigenvalue weighted by molar-refractivity contribution is -0.192. The van der Waals surface area contributed by atoms with E-state index in [9.17, 15) is 18.0 Å². The van der Waals surface area contributed by atoms with E-state index in [0.29, 0.717) is 24.0 Å². The second-order valence-electron chi connectivity index (χ2n) is 10.6. The molecule has 2 aliphatic rings. The molecule has 1 aromatic heterocycles. The Morgan fingerprint density at radius 2 is 1.79 bits per heavy atom. The van der Waals surface area contributed by atoms with E-state index < -0.39 is 12.1 Å². The number of hydrogen-bond donors (Lipinski definition) is 2. The molecular weight excluding hydrogens is 591 g/mol. The Hall–Kier alpha value is -3.51. The molecule has 2 aliphatic heterocycles. The molecule has 0 spiro atoms. The lowest BCUT2D eigenvalue weighted by Crippen LogP contribution is -2.48. The predicted octanol–water partition coefficient (Wildman–Crippen LogP) is 3.74. The van der Waals surface area contributed by atoms with Crippen LogP contribution < -0.4 is 10.4 Å². The van der Waals surface area contributed by atoms with Gasteiger partial charge in [-0.25, -0.2) is 9.78 Å². The van der Waals surface area contributed by atoms with E-state index in [1.54, 1.807) is 5.01 Å². The summed E-state index contributed by atoms with van der Waals surface area (Å²) in [6.07, 6.45) is -1.34. The second-order valence-corrected chi connectivity index (χ2v) is 11.0. The van der Waals surface area contributed by atoms with E-state index in [4.69, 9.17) is 31.5 Å². The van der Waals surface area contributed by atoms with Gasteiger partial charge in [0.15, 0.2) is 5.82 Å². The van der Waals surface area contributed by atoms with Crippen molar-refractivity contribution in [2.24, 2.45) is 5.92 Å². The smallest absolute Gasteiger partial charge is 0.475 e. The predicted molar refractivity (Wildman–Crippen MR) is 152 cm³/mol. The van der Waals surface area contributed by atoms with Crippen molar-refractivity contribution in [2.45, 2.75) is 45.5 Å². The lowest BCUT2D eigenvalue weighted by Gasteiger charge is -2.40. The van der Waals surface area contributed by atoms with E-state index in [-0.39, 0.29) is 22.7 Å². The number of anilines is 1. The first kappa shape index (κ1) is 34.0. The van der Waals surface area contributed by atoms with Gasteiger partial charge in [-0.2, -0.15) is 23.4 Å². The summed E-state index contributed by atoms with van der Waals surface area (Å²) in [5.74, 6) is -2.50. The van der Waals surface area contributed by atoms with Gasteiger partial charge in [0.25, 0.3) is 5.91 Å². The minimum atomic E-state index is -5.08. The SMILES string of the molecule is CC(C)CN(NC(=O)c1ccc(CN2CCC(N3CCOCC3)CC2)cc1)c1nc(C#N)ncc1Cl.O=C(O)C(F)(F)F. The molecule has 2 aromatic rings. The largest absolute Gasteiger partial charge is 0.490 e. The number of hydrogen-bond acceptors (Lipinski definition) is 9. The topological polar surface area (TPSA) is 135 Å². The quantitative estimate of drug-likeness (QED) is 0.418. The highest BCUT2D eigenvalue weighted by Crippen LogP contribution is 2.23. The molecule has 2 saturated heterocycles. The van der Waals surface area contributed by atoms with Gasteiger partial charge in [-0.1, -0.05) is 37.6 Å². The normalized spacial score (nSPS) is 16.6. The van der Waals surface area contributed by atoms with Crippen LogP contribution in [0.15, 0.2) is 30.5 Å². The molecule has 0 bridgehead atoms. The number of ether oxygens (including phenoxy) is 1. The van der Waals surface area contributed by atoms with Crippen LogP contribution in [0.3, 0.4) is 0 Å². The van der Waals surface area contributed by atoms with Crippen molar-refractivity contribution in [1.29, 1.82) is 5.26 Å². The van der Waals surface area contributed by atoms with E-state index in [2.05, 4.69) is 25.2 Å². The number of aromatic nitrogens is 2. The number of carbonyl (C=O) groups is 2. The van der Waals surface area contributed by atoms with Gasteiger partial charge >= 0.3 is 12.1 Å². The summed E-state index contributed by atoms with van der Waals surface area (Å²) in [5.41, 5.74) is 4.63. The third-order valence-electron chi connectivity index (χ3n) is 6.85. The van der Waals surface area contributed by atoms with Gasteiger partial charge in [-0.15, -0.1) is 0 Å². The Morgan fingerprint density at radius 1 is 1.19 bits per heavy atom. The molecule has 2 N–H and O–H groups in total. The van der Waals surface area contributed by atoms with Gasteiger partial charge in [0.2, 0.25) is 5.82 Å². The molecule has 0 saturated carbocycles. The highest BCUT2D eigenvalue weighted by Gasteiger charge is 2.38. The van der Waals surface area contributed by atoms with E-state index in [1.165, 1.54) is 24.6 Å². The summed E-state index contributed by atoms with van der Waals surface area (Å²) in [5, 5.41) is 18.1. The minimum Gasteiger partial charge on any atom is -0.475 e. The third kappa shape index (κ3) is 10.6. The Bertz CT molecular complexity index is 1260. The van der Waals surface area contributed by atoms with E-state index in [1.807, 2.05) is 44.2 Å². The van der Waals surface area contributed by atoms with Gasteiger partial charge in [-0.3, -0.25) is 25.0 Å². The van der Waals surface area contributed by atoms with Crippen LogP contribution >= 0.6 is 11.6 Å². The third-order valence-corrected chi connectivity index (χ3v) is 7.12. The molecule has 234 valence electrons. The number of alkyl halides is 3. The number of nitriles is 1. The zero-order chi connectivity index (χ0) is 31.6. The Balaban J connectivity index is 0.000000646. The molecule has 0 aliphatic carbocycles. The highest BCUT2D eigenvalue weighted by atomic mass is 35.5. The Morgan fingerprint density at radius 3 is 2.33 bits per heavy atom. The maximum absolute atomic E-state index is 13.0. The molecule has 0 unspecified atom stereocenters. The van der Waals surface area contributed by atoms with Crippen LogP contribution in [0.25, 0.3) is 0 Å². The molecular formula is C28H35ClF3N7O4. The molecule has 1 aromatic carbocycles. The maximum Gasteiger partial charge on any atom is 0.490 e. The number of nitrogens with one attached hydrogen (secondary N) is 1. The van der Waals surface area contributed by atoms with Crippen LogP contribution in [0, 0.1) is 17.2 Å². The van der Waals surface area contributed by atoms with Crippen LogP contribution in [0.5, 0.6) is 0 Å². The van der Waals surface area contributed by atoms with Gasteiger partial charge in [0.1, 0.15) is 11.1 Å². The number of morpholine rings is 1. The first-order valence-corrected chi connectivity index (χ1v) is 14.2. The summed E-state index contributed by atoms with van der Waals surface area (Å²) in [6, 6.07) is 10.3. The highest BCUT2D eigenvalue weighted by molar-refractivity contribution is 6.32. The van der Waals surface area contributed by atoms with E-state index in [0.717, 1.165) is 45.9 Å². The molecule has 15 heteroatoms. The molecule has 2 fully saturated rings. The average Bonchev–Trinajstić information content (AvgIpc) is 2.98. The standard InChI is InChI=1S/C26H34ClN7O2.C2HF3O2/c1-19(2)17-34(25-23(27)16-29-24(15-28)30-25)31-26(35)21-5-3-20(4-6-21)18-32-9-7-22(8-10-32)33-11-13-36-14-12-33;3-2(4,5)1(6)7/h3-6,16,19,22H,7-14,17-18H2,1-2H3,(H,31,35);(H,6,7). The number of halogens is 4. The summed E-state index contributed by atoms with van der Waals surface area (Å²) in [6.45, 7) is 11.4. The van der Waals surface area contributed by atoms with Crippen LogP contribution in [-0.4, -0.2) is 94.9 Å². The van der Waals surface area contributed by atoms with Gasteiger partial charge in [0.05, 0.1) is 19.4 Å². The summed E-state index contributed by atoms with van der Waals surface area (Å²) >= 11 is 6.29. The number of piperidine rings is 1. The van der Waals surface area contributed by atoms with Crippen molar-refractivity contribution < 1.29 is 32.6 Å². The second kappa shape index (κ2) is 15.8. The Labute approximate surface area is 253 Å². The molecule has 11 nitrogen and oxygen atoms in total. The monoisotopic (exact) mass is 625 g/mol. The summed E-state index contributed by atoms with van der Waals surface area (Å²) in [4.78, 5) is 35.1. The van der Waals surface area contributed by atoms with E-state index >= 15 is 0 Å². The average molecular weight is 626 g/mol. The fraction of sp³-hybridized carbons (Fsp3) is 0.536. The number of rotatable bonds is 8. The van der Waals surface area contributed by atoms with Crippen molar-refractivity contribution >= 4 is 29.3 Å². The molecule has 0 atom stereocenters. The maximum atomic E-state index is 13.0. The fourth-order valence-electron chi connectivity index (χ4n) is 4.74. The van der Waals surface area contributed by atoms with Crippen LogP contribution in [0.1, 0.15) is 48.4 Å². The van der Waals surface area contributed by atoms with Crippen molar-refractivity contribution in [1.82, 2.24) is 25.2 Å². The summed E-state index contributed by atoms with van der Waals surface area (Å²) in [7, 11) is 0. The Kier molecular flexibility index (Phi) is 12.5. The van der Waals surface area contributed by atoms with Crippen LogP contribution in [-0.2, 0) is 16.1 Å².